The van der Waals surface area contributed by atoms with E-state index in [4.69, 9.17) is 28.6 Å². The zero-order valence-corrected chi connectivity index (χ0v) is 16.0. The van der Waals surface area contributed by atoms with Crippen LogP contribution in [0.15, 0.2) is 28.7 Å². The van der Waals surface area contributed by atoms with Crippen LogP contribution in [0.4, 0.5) is 0 Å². The quantitative estimate of drug-likeness (QED) is 0.422. The standard InChI is InChI=1S/C14H13BrClN5O3S/c1-7-4-10(19-18-7)13(23)20-21-14(25)17-12(22)6-24-11-3-2-8(15)5-9(11)16/h2-5H,6H2,1H3,(H,18,19)(H,20,23)(H2,17,21,22,25). The van der Waals surface area contributed by atoms with E-state index in [2.05, 4.69) is 42.3 Å². The van der Waals surface area contributed by atoms with Crippen LogP contribution in [0, 0.1) is 6.92 Å². The van der Waals surface area contributed by atoms with Crippen molar-refractivity contribution in [2.45, 2.75) is 6.92 Å². The normalized spacial score (nSPS) is 10.0. The minimum atomic E-state index is -0.513. The van der Waals surface area contributed by atoms with Gasteiger partial charge in [-0.15, -0.1) is 0 Å². The van der Waals surface area contributed by atoms with Gasteiger partial charge in [0, 0.05) is 10.2 Å². The molecular formula is C14H13BrClN5O3S. The highest BCUT2D eigenvalue weighted by Crippen LogP contribution is 2.27. The zero-order valence-electron chi connectivity index (χ0n) is 12.9. The average molecular weight is 447 g/mol. The summed E-state index contributed by atoms with van der Waals surface area (Å²) in [5.41, 5.74) is 5.64. The minimum absolute atomic E-state index is 0.0869. The van der Waals surface area contributed by atoms with E-state index in [-0.39, 0.29) is 17.4 Å². The smallest absolute Gasteiger partial charge is 0.290 e. The Kier molecular flexibility index (Phi) is 6.73. The number of ether oxygens (including phenoxy) is 1. The highest BCUT2D eigenvalue weighted by atomic mass is 79.9. The second-order valence-corrected chi connectivity index (χ2v) is 6.49. The summed E-state index contributed by atoms with van der Waals surface area (Å²) in [6.45, 7) is 1.47. The average Bonchev–Trinajstić information content (AvgIpc) is 2.98. The topological polar surface area (TPSA) is 108 Å². The molecule has 25 heavy (non-hydrogen) atoms. The van der Waals surface area contributed by atoms with Gasteiger partial charge in [0.1, 0.15) is 5.75 Å². The molecule has 0 aliphatic rings. The molecule has 0 aliphatic carbocycles. The van der Waals surface area contributed by atoms with E-state index < -0.39 is 11.8 Å². The van der Waals surface area contributed by atoms with Crippen molar-refractivity contribution < 1.29 is 14.3 Å². The van der Waals surface area contributed by atoms with Crippen LogP contribution >= 0.6 is 39.7 Å². The van der Waals surface area contributed by atoms with Gasteiger partial charge in [-0.3, -0.25) is 30.9 Å². The predicted octanol–water partition coefficient (Wildman–Crippen LogP) is 1.85. The molecule has 0 radical (unpaired) electrons. The summed E-state index contributed by atoms with van der Waals surface area (Å²) in [5, 5.41) is 9.06. The van der Waals surface area contributed by atoms with Gasteiger partial charge in [-0.2, -0.15) is 5.10 Å². The molecule has 0 aliphatic heterocycles. The van der Waals surface area contributed by atoms with Gasteiger partial charge >= 0.3 is 0 Å². The van der Waals surface area contributed by atoms with E-state index in [0.717, 1.165) is 10.2 Å². The number of carbonyl (C=O) groups is 2. The largest absolute Gasteiger partial charge is 0.482 e. The highest BCUT2D eigenvalue weighted by Gasteiger charge is 2.11. The Balaban J connectivity index is 1.74. The molecule has 1 aromatic heterocycles. The fraction of sp³-hybridized carbons (Fsp3) is 0.143. The van der Waals surface area contributed by atoms with Gasteiger partial charge in [0.2, 0.25) is 0 Å². The number of H-pyrrole nitrogens is 1. The molecule has 2 aromatic rings. The molecule has 1 aromatic carbocycles. The number of benzene rings is 1. The first-order valence-corrected chi connectivity index (χ1v) is 8.43. The van der Waals surface area contributed by atoms with Crippen molar-refractivity contribution in [3.63, 3.8) is 0 Å². The lowest BCUT2D eigenvalue weighted by Crippen LogP contribution is -2.49. The lowest BCUT2D eigenvalue weighted by Gasteiger charge is -2.11. The highest BCUT2D eigenvalue weighted by molar-refractivity contribution is 9.10. The second-order valence-electron chi connectivity index (χ2n) is 4.76. The molecule has 0 bridgehead atoms. The second kappa shape index (κ2) is 8.79. The molecule has 11 heteroatoms. The van der Waals surface area contributed by atoms with E-state index >= 15 is 0 Å². The maximum absolute atomic E-state index is 11.8. The van der Waals surface area contributed by atoms with Gasteiger partial charge in [-0.1, -0.05) is 27.5 Å². The van der Waals surface area contributed by atoms with E-state index in [9.17, 15) is 9.59 Å². The first-order valence-electron chi connectivity index (χ1n) is 6.85. The first-order chi connectivity index (χ1) is 11.8. The van der Waals surface area contributed by atoms with E-state index in [1.807, 2.05) is 0 Å². The maximum atomic E-state index is 11.8. The number of halogens is 2. The Morgan fingerprint density at radius 3 is 2.76 bits per heavy atom. The van der Waals surface area contributed by atoms with Crippen molar-refractivity contribution in [3.05, 3.63) is 45.1 Å². The van der Waals surface area contributed by atoms with Crippen LogP contribution in [-0.2, 0) is 4.79 Å². The number of hydrogen-bond donors (Lipinski definition) is 4. The van der Waals surface area contributed by atoms with Gasteiger partial charge < -0.3 is 4.74 Å². The molecule has 132 valence electrons. The number of rotatable bonds is 4. The number of nitrogens with one attached hydrogen (secondary N) is 4. The summed E-state index contributed by atoms with van der Waals surface area (Å²) in [4.78, 5) is 23.5. The van der Waals surface area contributed by atoms with Crippen LogP contribution in [0.3, 0.4) is 0 Å². The minimum Gasteiger partial charge on any atom is -0.482 e. The van der Waals surface area contributed by atoms with Crippen LogP contribution in [0.25, 0.3) is 0 Å². The summed E-state index contributed by atoms with van der Waals surface area (Å²) < 4.78 is 6.09. The molecule has 4 N–H and O–H groups in total. The molecule has 0 fully saturated rings. The van der Waals surface area contributed by atoms with Crippen molar-refractivity contribution in [3.8, 4) is 5.75 Å². The number of carbonyl (C=O) groups excluding carboxylic acids is 2. The number of nitrogens with zero attached hydrogens (tertiary/aromatic N) is 1. The van der Waals surface area contributed by atoms with Crippen molar-refractivity contribution in [1.82, 2.24) is 26.4 Å². The zero-order chi connectivity index (χ0) is 18.4. The Labute approximate surface area is 161 Å². The SMILES string of the molecule is Cc1cc(C(=O)NNC(=S)NC(=O)COc2ccc(Br)cc2Cl)n[nH]1. The number of hydrogen-bond acceptors (Lipinski definition) is 5. The van der Waals surface area contributed by atoms with Crippen LogP contribution in [-0.4, -0.2) is 33.7 Å². The summed E-state index contributed by atoms with van der Waals surface area (Å²) in [6.07, 6.45) is 0. The van der Waals surface area contributed by atoms with Crippen molar-refractivity contribution in [1.29, 1.82) is 0 Å². The molecule has 0 saturated carbocycles. The third-order valence-electron chi connectivity index (χ3n) is 2.73. The Morgan fingerprint density at radius 1 is 1.36 bits per heavy atom. The van der Waals surface area contributed by atoms with E-state index in [1.54, 1.807) is 31.2 Å². The van der Waals surface area contributed by atoms with Crippen LogP contribution in [0.5, 0.6) is 5.75 Å². The molecule has 0 atom stereocenters. The number of amides is 2. The van der Waals surface area contributed by atoms with Gasteiger partial charge in [-0.25, -0.2) is 0 Å². The molecule has 0 unspecified atom stereocenters. The van der Waals surface area contributed by atoms with Gasteiger partial charge in [-0.05, 0) is 43.4 Å². The number of aryl methyl sites for hydroxylation is 1. The third kappa shape index (κ3) is 6.00. The molecule has 2 rings (SSSR count). The predicted molar refractivity (Wildman–Crippen MR) is 99.3 cm³/mol. The Bertz CT molecular complexity index is 814. The lowest BCUT2D eigenvalue weighted by atomic mass is 10.3. The summed E-state index contributed by atoms with van der Waals surface area (Å²) in [7, 11) is 0. The summed E-state index contributed by atoms with van der Waals surface area (Å²) >= 11 is 14.2. The fourth-order valence-corrected chi connectivity index (χ4v) is 2.53. The van der Waals surface area contributed by atoms with Crippen LogP contribution in [0.2, 0.25) is 5.02 Å². The Morgan fingerprint density at radius 2 is 2.12 bits per heavy atom. The van der Waals surface area contributed by atoms with Crippen molar-refractivity contribution >= 4 is 56.7 Å². The van der Waals surface area contributed by atoms with Crippen LogP contribution < -0.4 is 20.9 Å². The van der Waals surface area contributed by atoms with E-state index in [0.29, 0.717) is 10.8 Å². The molecule has 0 saturated heterocycles. The van der Waals surface area contributed by atoms with Gasteiger partial charge in [0.05, 0.1) is 5.02 Å². The van der Waals surface area contributed by atoms with Gasteiger partial charge in [0.25, 0.3) is 11.8 Å². The third-order valence-corrected chi connectivity index (χ3v) is 3.73. The first kappa shape index (κ1) is 19.2. The molecular weight excluding hydrogens is 434 g/mol. The molecule has 0 spiro atoms. The number of aromatic amines is 1. The number of aromatic nitrogens is 2. The molecule has 1 heterocycles. The maximum Gasteiger partial charge on any atom is 0.290 e. The van der Waals surface area contributed by atoms with Crippen molar-refractivity contribution in [2.24, 2.45) is 0 Å². The lowest BCUT2D eigenvalue weighted by molar-refractivity contribution is -0.121. The summed E-state index contributed by atoms with van der Waals surface area (Å²) in [6, 6.07) is 6.57. The monoisotopic (exact) mass is 445 g/mol. The van der Waals surface area contributed by atoms with Crippen molar-refractivity contribution in [2.75, 3.05) is 6.61 Å². The number of thiocarbonyl (C=S) groups is 1. The fourth-order valence-electron chi connectivity index (χ4n) is 1.64. The molecule has 8 nitrogen and oxygen atoms in total. The molecule has 2 amide bonds. The van der Waals surface area contributed by atoms with Gasteiger partial charge in [0.15, 0.2) is 17.4 Å². The van der Waals surface area contributed by atoms with Crippen LogP contribution in [0.1, 0.15) is 16.2 Å². The summed E-state index contributed by atoms with van der Waals surface area (Å²) in [5.74, 6) is -0.652. The number of hydrazine groups is 1. The Hall–Kier alpha value is -2.17. The van der Waals surface area contributed by atoms with E-state index in [1.165, 1.54) is 0 Å².